The Morgan fingerprint density at radius 2 is 2.17 bits per heavy atom. The summed E-state index contributed by atoms with van der Waals surface area (Å²) in [5.41, 5.74) is 0.815. The molecule has 1 saturated heterocycles. The molecule has 0 amide bonds. The second-order valence-electron chi connectivity index (χ2n) is 2.44. The van der Waals surface area contributed by atoms with Crippen LogP contribution in [0, 0.1) is 0 Å². The Morgan fingerprint density at radius 3 is 2.83 bits per heavy atom. The van der Waals surface area contributed by atoms with Gasteiger partial charge >= 0.3 is 0 Å². The Bertz CT molecular complexity index is 274. The van der Waals surface area contributed by atoms with Crippen LogP contribution < -0.4 is 0 Å². The summed E-state index contributed by atoms with van der Waals surface area (Å²) < 4.78 is 11.5. The van der Waals surface area contributed by atoms with Crippen molar-refractivity contribution < 1.29 is 9.47 Å². The van der Waals surface area contributed by atoms with Crippen LogP contribution in [0.3, 0.4) is 0 Å². The quantitative estimate of drug-likeness (QED) is 0.738. The van der Waals surface area contributed by atoms with Crippen molar-refractivity contribution in [2.24, 2.45) is 0 Å². The summed E-state index contributed by atoms with van der Waals surface area (Å²) in [6.45, 7) is 1.29. The molecule has 1 aromatic rings. The zero-order valence-electron chi connectivity index (χ0n) is 6.37. The largest absolute Gasteiger partial charge is 0.345 e. The number of nitrogens with zero attached hydrogens (tertiary/aromatic N) is 1. The smallest absolute Gasteiger partial charge is 0.202 e. The topological polar surface area (TPSA) is 31.4 Å². The number of pyridine rings is 1. The Labute approximate surface area is 78.8 Å². The molecule has 1 aliphatic heterocycles. The predicted molar refractivity (Wildman–Crippen MR) is 46.6 cm³/mol. The summed E-state index contributed by atoms with van der Waals surface area (Å²) in [6, 6.07) is 3.79. The Kier molecular flexibility index (Phi) is 2.39. The molecule has 2 rings (SSSR count). The molecule has 1 aliphatic rings. The molecule has 4 heteroatoms. The van der Waals surface area contributed by atoms with Crippen LogP contribution in [0.2, 0.25) is 0 Å². The van der Waals surface area contributed by atoms with E-state index in [1.54, 1.807) is 6.20 Å². The lowest BCUT2D eigenvalue weighted by Crippen LogP contribution is -2.01. The highest BCUT2D eigenvalue weighted by molar-refractivity contribution is 9.10. The Hall–Kier alpha value is -0.450. The van der Waals surface area contributed by atoms with E-state index in [-0.39, 0.29) is 6.29 Å². The molecule has 0 saturated carbocycles. The summed E-state index contributed by atoms with van der Waals surface area (Å²) in [5.74, 6) is 0. The minimum atomic E-state index is -0.291. The minimum absolute atomic E-state index is 0.291. The number of hydrogen-bond acceptors (Lipinski definition) is 3. The summed E-state index contributed by atoms with van der Waals surface area (Å²) in [6.07, 6.45) is 1.44. The SMILES string of the molecule is Brc1cccnc1C1OCCO1. The van der Waals surface area contributed by atoms with Crippen molar-refractivity contribution in [1.82, 2.24) is 4.98 Å². The van der Waals surface area contributed by atoms with Crippen LogP contribution in [0.25, 0.3) is 0 Å². The molecule has 0 radical (unpaired) electrons. The van der Waals surface area contributed by atoms with Gasteiger partial charge in [-0.25, -0.2) is 0 Å². The van der Waals surface area contributed by atoms with E-state index in [1.807, 2.05) is 12.1 Å². The molecule has 0 N–H and O–H groups in total. The van der Waals surface area contributed by atoms with Gasteiger partial charge in [-0.1, -0.05) is 0 Å². The van der Waals surface area contributed by atoms with E-state index >= 15 is 0 Å². The fourth-order valence-electron chi connectivity index (χ4n) is 1.09. The van der Waals surface area contributed by atoms with Crippen molar-refractivity contribution in [2.45, 2.75) is 6.29 Å². The van der Waals surface area contributed by atoms with E-state index in [0.717, 1.165) is 10.2 Å². The van der Waals surface area contributed by atoms with Gasteiger partial charge in [0, 0.05) is 10.7 Å². The number of ether oxygens (including phenoxy) is 2. The molecule has 0 spiro atoms. The number of aromatic nitrogens is 1. The maximum absolute atomic E-state index is 5.31. The van der Waals surface area contributed by atoms with Gasteiger partial charge in [-0.05, 0) is 28.1 Å². The van der Waals surface area contributed by atoms with Gasteiger partial charge < -0.3 is 9.47 Å². The highest BCUT2D eigenvalue weighted by Gasteiger charge is 2.21. The molecule has 0 aromatic carbocycles. The third-order valence-corrected chi connectivity index (χ3v) is 2.30. The average Bonchev–Trinajstić information content (AvgIpc) is 2.57. The van der Waals surface area contributed by atoms with Gasteiger partial charge in [-0.2, -0.15) is 0 Å². The molecule has 1 aromatic heterocycles. The third kappa shape index (κ3) is 1.50. The average molecular weight is 230 g/mol. The molecule has 0 atom stereocenters. The first-order chi connectivity index (χ1) is 5.88. The molecule has 0 unspecified atom stereocenters. The summed E-state index contributed by atoms with van der Waals surface area (Å²) in [7, 11) is 0. The summed E-state index contributed by atoms with van der Waals surface area (Å²) >= 11 is 3.38. The van der Waals surface area contributed by atoms with Gasteiger partial charge in [0.2, 0.25) is 6.29 Å². The van der Waals surface area contributed by atoms with Crippen molar-refractivity contribution in [3.8, 4) is 0 Å². The first-order valence-corrected chi connectivity index (χ1v) is 4.51. The van der Waals surface area contributed by atoms with Crippen molar-refractivity contribution in [1.29, 1.82) is 0 Å². The molecule has 2 heterocycles. The van der Waals surface area contributed by atoms with Crippen LogP contribution in [-0.2, 0) is 9.47 Å². The van der Waals surface area contributed by atoms with Crippen molar-refractivity contribution >= 4 is 15.9 Å². The molecule has 12 heavy (non-hydrogen) atoms. The van der Waals surface area contributed by atoms with Crippen LogP contribution in [0.4, 0.5) is 0 Å². The third-order valence-electron chi connectivity index (χ3n) is 1.63. The molecule has 1 fully saturated rings. The van der Waals surface area contributed by atoms with Gasteiger partial charge in [0.05, 0.1) is 13.2 Å². The molecule has 64 valence electrons. The van der Waals surface area contributed by atoms with E-state index in [1.165, 1.54) is 0 Å². The van der Waals surface area contributed by atoms with Crippen molar-refractivity contribution in [3.05, 3.63) is 28.5 Å². The van der Waals surface area contributed by atoms with E-state index in [9.17, 15) is 0 Å². The lowest BCUT2D eigenvalue weighted by Gasteiger charge is -2.08. The molecular formula is C8H8BrNO2. The summed E-state index contributed by atoms with van der Waals surface area (Å²) in [4.78, 5) is 4.16. The fourth-order valence-corrected chi connectivity index (χ4v) is 1.53. The maximum atomic E-state index is 5.31. The van der Waals surface area contributed by atoms with Crippen LogP contribution in [-0.4, -0.2) is 18.2 Å². The van der Waals surface area contributed by atoms with Crippen LogP contribution >= 0.6 is 15.9 Å². The summed E-state index contributed by atoms with van der Waals surface area (Å²) in [5, 5.41) is 0. The lowest BCUT2D eigenvalue weighted by molar-refractivity contribution is -0.0478. The Balaban J connectivity index is 2.26. The normalized spacial score (nSPS) is 18.4. The molecular weight excluding hydrogens is 222 g/mol. The Morgan fingerprint density at radius 1 is 1.42 bits per heavy atom. The van der Waals surface area contributed by atoms with Gasteiger partial charge in [-0.15, -0.1) is 0 Å². The van der Waals surface area contributed by atoms with Crippen LogP contribution in [0.5, 0.6) is 0 Å². The van der Waals surface area contributed by atoms with Gasteiger partial charge in [0.15, 0.2) is 0 Å². The molecule has 0 bridgehead atoms. The van der Waals surface area contributed by atoms with Crippen LogP contribution in [0.15, 0.2) is 22.8 Å². The second-order valence-corrected chi connectivity index (χ2v) is 3.30. The lowest BCUT2D eigenvalue weighted by atomic mass is 10.3. The zero-order chi connectivity index (χ0) is 8.39. The number of hydrogen-bond donors (Lipinski definition) is 0. The number of halogens is 1. The first kappa shape index (κ1) is 8.16. The van der Waals surface area contributed by atoms with Gasteiger partial charge in [-0.3, -0.25) is 4.98 Å². The molecule has 3 nitrogen and oxygen atoms in total. The van der Waals surface area contributed by atoms with Crippen molar-refractivity contribution in [2.75, 3.05) is 13.2 Å². The van der Waals surface area contributed by atoms with Crippen molar-refractivity contribution in [3.63, 3.8) is 0 Å². The maximum Gasteiger partial charge on any atom is 0.202 e. The highest BCUT2D eigenvalue weighted by atomic mass is 79.9. The van der Waals surface area contributed by atoms with E-state index in [2.05, 4.69) is 20.9 Å². The zero-order valence-corrected chi connectivity index (χ0v) is 7.95. The molecule has 0 aliphatic carbocycles. The van der Waals surface area contributed by atoms with Crippen LogP contribution in [0.1, 0.15) is 12.0 Å². The minimum Gasteiger partial charge on any atom is -0.345 e. The second kappa shape index (κ2) is 3.51. The van der Waals surface area contributed by atoms with Gasteiger partial charge in [0.1, 0.15) is 5.69 Å². The predicted octanol–water partition coefficient (Wildman–Crippen LogP) is 1.89. The standard InChI is InChI=1S/C8H8BrNO2/c9-6-2-1-3-10-7(6)8-11-4-5-12-8/h1-3,8H,4-5H2. The van der Waals surface area contributed by atoms with E-state index < -0.39 is 0 Å². The fraction of sp³-hybridized carbons (Fsp3) is 0.375. The first-order valence-electron chi connectivity index (χ1n) is 3.71. The van der Waals surface area contributed by atoms with Gasteiger partial charge in [0.25, 0.3) is 0 Å². The van der Waals surface area contributed by atoms with E-state index in [0.29, 0.717) is 13.2 Å². The number of rotatable bonds is 1. The van der Waals surface area contributed by atoms with E-state index in [4.69, 9.17) is 9.47 Å². The highest BCUT2D eigenvalue weighted by Crippen LogP contribution is 2.27. The monoisotopic (exact) mass is 229 g/mol.